The standard InChI is InChI=1S/C20H22Cl2N4O2.2ClH/c21-16-4-1-14(2-5-16)13-26-9-7-17(8-10-26)24-20-18(22)11-15(12-23-20)3-6-19(27)25-28;;/h1-6,11-12,17,28H,7-10,13H2,(H,23,24)(H,25,27);2*1H. The summed E-state index contributed by atoms with van der Waals surface area (Å²) in [7, 11) is 0. The first kappa shape index (κ1) is 26.5. The smallest absolute Gasteiger partial charge is 0.267 e. The Balaban J connectivity index is 0.00000225. The number of rotatable bonds is 6. The van der Waals surface area contributed by atoms with Crippen molar-refractivity contribution in [1.82, 2.24) is 15.4 Å². The Kier molecular flexibility index (Phi) is 11.5. The lowest BCUT2D eigenvalue weighted by molar-refractivity contribution is -0.124. The predicted octanol–water partition coefficient (Wildman–Crippen LogP) is 4.83. The quantitative estimate of drug-likeness (QED) is 0.305. The van der Waals surface area contributed by atoms with Crippen molar-refractivity contribution < 1.29 is 10.0 Å². The Bertz CT molecular complexity index is 841. The zero-order chi connectivity index (χ0) is 19.9. The minimum Gasteiger partial charge on any atom is -0.366 e. The van der Waals surface area contributed by atoms with Crippen molar-refractivity contribution in [1.29, 1.82) is 0 Å². The van der Waals surface area contributed by atoms with Crippen LogP contribution in [0.3, 0.4) is 0 Å². The van der Waals surface area contributed by atoms with Gasteiger partial charge in [0.05, 0.1) is 5.02 Å². The summed E-state index contributed by atoms with van der Waals surface area (Å²) in [5, 5.41) is 13.2. The Morgan fingerprint density at radius 3 is 2.47 bits per heavy atom. The molecule has 0 atom stereocenters. The van der Waals surface area contributed by atoms with Crippen LogP contribution in [0.15, 0.2) is 42.6 Å². The molecule has 3 rings (SSSR count). The molecule has 1 fully saturated rings. The second kappa shape index (κ2) is 13.0. The number of amides is 1. The van der Waals surface area contributed by atoms with Gasteiger partial charge in [-0.25, -0.2) is 10.5 Å². The maximum Gasteiger partial charge on any atom is 0.267 e. The molecule has 1 aliphatic heterocycles. The molecule has 2 heterocycles. The zero-order valence-corrected chi connectivity index (χ0v) is 19.2. The van der Waals surface area contributed by atoms with E-state index < -0.39 is 5.91 Å². The number of benzene rings is 1. The minimum absolute atomic E-state index is 0. The van der Waals surface area contributed by atoms with Crippen LogP contribution in [0.1, 0.15) is 24.0 Å². The van der Waals surface area contributed by atoms with Crippen LogP contribution in [-0.2, 0) is 11.3 Å². The maximum atomic E-state index is 11.0. The van der Waals surface area contributed by atoms with E-state index in [0.29, 0.717) is 22.4 Å². The van der Waals surface area contributed by atoms with Gasteiger partial charge in [-0.2, -0.15) is 0 Å². The number of hydroxylamine groups is 1. The van der Waals surface area contributed by atoms with Crippen molar-refractivity contribution in [2.24, 2.45) is 0 Å². The fourth-order valence-corrected chi connectivity index (χ4v) is 3.49. The SMILES string of the molecule is Cl.Cl.O=C(C=Cc1cnc(NC2CCN(Cc3ccc(Cl)cc3)CC2)c(Cl)c1)NO. The third-order valence-electron chi connectivity index (χ3n) is 4.65. The molecule has 0 unspecified atom stereocenters. The van der Waals surface area contributed by atoms with Crippen LogP contribution in [0, 0.1) is 0 Å². The van der Waals surface area contributed by atoms with E-state index in [9.17, 15) is 4.79 Å². The minimum atomic E-state index is -0.608. The number of piperidine rings is 1. The Hall–Kier alpha value is -1.54. The number of hydrogen-bond acceptors (Lipinski definition) is 5. The monoisotopic (exact) mass is 492 g/mol. The van der Waals surface area contributed by atoms with E-state index in [-0.39, 0.29) is 24.8 Å². The summed E-state index contributed by atoms with van der Waals surface area (Å²) in [5.41, 5.74) is 3.48. The largest absolute Gasteiger partial charge is 0.366 e. The summed E-state index contributed by atoms with van der Waals surface area (Å²) in [5.74, 6) is 0.0326. The summed E-state index contributed by atoms with van der Waals surface area (Å²) in [6.07, 6.45) is 6.37. The van der Waals surface area contributed by atoms with Gasteiger partial charge in [0, 0.05) is 43.0 Å². The van der Waals surface area contributed by atoms with Gasteiger partial charge in [-0.3, -0.25) is 14.9 Å². The first-order valence-corrected chi connectivity index (χ1v) is 9.80. The molecule has 2 aromatic rings. The van der Waals surface area contributed by atoms with Crippen molar-refractivity contribution in [2.75, 3.05) is 18.4 Å². The molecule has 0 spiro atoms. The number of hydrogen-bond donors (Lipinski definition) is 3. The molecule has 1 saturated heterocycles. The number of anilines is 1. The lowest BCUT2D eigenvalue weighted by Crippen LogP contribution is -2.38. The number of nitrogens with one attached hydrogen (secondary N) is 2. The number of aromatic nitrogens is 1. The third-order valence-corrected chi connectivity index (χ3v) is 5.19. The summed E-state index contributed by atoms with van der Waals surface area (Å²) in [6, 6.07) is 10.0. The summed E-state index contributed by atoms with van der Waals surface area (Å²) in [4.78, 5) is 17.8. The molecule has 0 bridgehead atoms. The molecule has 0 saturated carbocycles. The van der Waals surface area contributed by atoms with Gasteiger partial charge in [0.1, 0.15) is 5.82 Å². The topological polar surface area (TPSA) is 77.5 Å². The van der Waals surface area contributed by atoms with Crippen molar-refractivity contribution in [3.63, 3.8) is 0 Å². The number of likely N-dealkylation sites (tertiary alicyclic amines) is 1. The molecule has 10 heteroatoms. The summed E-state index contributed by atoms with van der Waals surface area (Å²) in [6.45, 7) is 2.91. The maximum absolute atomic E-state index is 11.0. The number of carbonyl (C=O) groups is 1. The highest BCUT2D eigenvalue weighted by molar-refractivity contribution is 6.33. The molecule has 1 aliphatic rings. The van der Waals surface area contributed by atoms with Crippen LogP contribution < -0.4 is 10.8 Å². The van der Waals surface area contributed by atoms with E-state index in [4.69, 9.17) is 28.4 Å². The van der Waals surface area contributed by atoms with Crippen LogP contribution in [0.25, 0.3) is 6.08 Å². The Morgan fingerprint density at radius 2 is 1.87 bits per heavy atom. The van der Waals surface area contributed by atoms with Crippen LogP contribution in [0.5, 0.6) is 0 Å². The summed E-state index contributed by atoms with van der Waals surface area (Å²) >= 11 is 12.3. The van der Waals surface area contributed by atoms with Crippen molar-refractivity contribution in [3.8, 4) is 0 Å². The fraction of sp³-hybridized carbons (Fsp3) is 0.300. The molecule has 164 valence electrons. The van der Waals surface area contributed by atoms with Gasteiger partial charge in [0.25, 0.3) is 5.91 Å². The number of halogens is 4. The van der Waals surface area contributed by atoms with E-state index in [1.54, 1.807) is 12.3 Å². The lowest BCUT2D eigenvalue weighted by Gasteiger charge is -2.32. The highest BCUT2D eigenvalue weighted by Crippen LogP contribution is 2.24. The van der Waals surface area contributed by atoms with Gasteiger partial charge in [0.2, 0.25) is 0 Å². The van der Waals surface area contributed by atoms with Crippen LogP contribution in [-0.4, -0.2) is 40.1 Å². The molecule has 1 aromatic carbocycles. The zero-order valence-electron chi connectivity index (χ0n) is 16.1. The van der Waals surface area contributed by atoms with Gasteiger partial charge < -0.3 is 5.32 Å². The van der Waals surface area contributed by atoms with E-state index in [1.807, 2.05) is 12.1 Å². The first-order valence-electron chi connectivity index (χ1n) is 9.04. The van der Waals surface area contributed by atoms with Gasteiger partial charge in [0.15, 0.2) is 0 Å². The van der Waals surface area contributed by atoms with Crippen LogP contribution in [0.4, 0.5) is 5.82 Å². The second-order valence-corrected chi connectivity index (χ2v) is 7.57. The number of carbonyl (C=O) groups excluding carboxylic acids is 1. The van der Waals surface area contributed by atoms with Gasteiger partial charge in [-0.15, -0.1) is 24.8 Å². The molecule has 1 aromatic heterocycles. The predicted molar refractivity (Wildman–Crippen MR) is 126 cm³/mol. The Morgan fingerprint density at radius 1 is 1.20 bits per heavy atom. The third kappa shape index (κ3) is 7.95. The van der Waals surface area contributed by atoms with E-state index >= 15 is 0 Å². The van der Waals surface area contributed by atoms with Crippen LogP contribution >= 0.6 is 48.0 Å². The molecule has 3 N–H and O–H groups in total. The normalized spacial score (nSPS) is 14.6. The fourth-order valence-electron chi connectivity index (χ4n) is 3.14. The van der Waals surface area contributed by atoms with Crippen molar-refractivity contribution in [3.05, 3.63) is 63.8 Å². The first-order chi connectivity index (χ1) is 13.5. The second-order valence-electron chi connectivity index (χ2n) is 6.73. The molecule has 1 amide bonds. The van der Waals surface area contributed by atoms with Gasteiger partial charge >= 0.3 is 0 Å². The van der Waals surface area contributed by atoms with Gasteiger partial charge in [-0.05, 0) is 48.2 Å². The number of pyridine rings is 1. The lowest BCUT2D eigenvalue weighted by atomic mass is 10.0. The summed E-state index contributed by atoms with van der Waals surface area (Å²) < 4.78 is 0. The Labute approximate surface area is 198 Å². The number of nitrogens with zero attached hydrogens (tertiary/aromatic N) is 2. The highest BCUT2D eigenvalue weighted by atomic mass is 35.5. The molecular formula is C20H24Cl4N4O2. The van der Waals surface area contributed by atoms with E-state index in [2.05, 4.69) is 27.3 Å². The average Bonchev–Trinajstić information content (AvgIpc) is 2.71. The average molecular weight is 494 g/mol. The van der Waals surface area contributed by atoms with Crippen molar-refractivity contribution >= 4 is 65.8 Å². The molecular weight excluding hydrogens is 470 g/mol. The highest BCUT2D eigenvalue weighted by Gasteiger charge is 2.20. The van der Waals surface area contributed by atoms with E-state index in [0.717, 1.165) is 37.5 Å². The van der Waals surface area contributed by atoms with E-state index in [1.165, 1.54) is 23.2 Å². The van der Waals surface area contributed by atoms with Crippen LogP contribution in [0.2, 0.25) is 10.0 Å². The molecule has 0 aliphatic carbocycles. The molecule has 6 nitrogen and oxygen atoms in total. The van der Waals surface area contributed by atoms with Gasteiger partial charge in [-0.1, -0.05) is 35.3 Å². The van der Waals surface area contributed by atoms with Crippen molar-refractivity contribution in [2.45, 2.75) is 25.4 Å². The molecule has 0 radical (unpaired) electrons. The molecule has 30 heavy (non-hydrogen) atoms.